The molecule has 1 N–H and O–H groups in total. The third kappa shape index (κ3) is 3.98. The highest BCUT2D eigenvalue weighted by Gasteiger charge is 2.29. The van der Waals surface area contributed by atoms with Crippen molar-refractivity contribution >= 4 is 28.6 Å². The fraction of sp³-hybridized carbons (Fsp3) is 0.438. The molecule has 22 heavy (non-hydrogen) atoms. The van der Waals surface area contributed by atoms with E-state index >= 15 is 0 Å². The van der Waals surface area contributed by atoms with Gasteiger partial charge in [-0.15, -0.1) is 11.3 Å². The summed E-state index contributed by atoms with van der Waals surface area (Å²) in [6.07, 6.45) is 1.51. The molecule has 0 amide bonds. The van der Waals surface area contributed by atoms with Crippen LogP contribution in [0.15, 0.2) is 30.5 Å². The minimum Gasteiger partial charge on any atom is -0.380 e. The van der Waals surface area contributed by atoms with Crippen LogP contribution in [0.25, 0.3) is 0 Å². The molecule has 2 aromatic rings. The average molecular weight is 339 g/mol. The van der Waals surface area contributed by atoms with Gasteiger partial charge in [0, 0.05) is 27.7 Å². The minimum absolute atomic E-state index is 0.0812. The van der Waals surface area contributed by atoms with Crippen molar-refractivity contribution in [1.82, 2.24) is 4.98 Å². The Bertz CT molecular complexity index is 635. The van der Waals surface area contributed by atoms with Gasteiger partial charge in [0.2, 0.25) is 0 Å². The molecule has 0 spiro atoms. The van der Waals surface area contributed by atoms with Crippen LogP contribution in [0.5, 0.6) is 0 Å². The highest BCUT2D eigenvalue weighted by Crippen LogP contribution is 2.32. The zero-order chi connectivity index (χ0) is 15.6. The topological polar surface area (TPSA) is 43.4 Å². The van der Waals surface area contributed by atoms with Crippen molar-refractivity contribution in [3.05, 3.63) is 45.4 Å². The summed E-state index contributed by atoms with van der Waals surface area (Å²) < 4.78 is 12.2. The molecule has 118 valence electrons. The summed E-state index contributed by atoms with van der Waals surface area (Å²) in [7, 11) is 0. The van der Waals surface area contributed by atoms with Crippen molar-refractivity contribution in [2.24, 2.45) is 5.41 Å². The van der Waals surface area contributed by atoms with Crippen LogP contribution in [0.3, 0.4) is 0 Å². The molecule has 1 saturated heterocycles. The molecular formula is C16H19ClN2O2S. The van der Waals surface area contributed by atoms with Crippen molar-refractivity contribution in [1.29, 1.82) is 0 Å². The van der Waals surface area contributed by atoms with Gasteiger partial charge in [-0.2, -0.15) is 0 Å². The molecule has 6 heteroatoms. The van der Waals surface area contributed by atoms with E-state index in [1.165, 1.54) is 11.3 Å². The summed E-state index contributed by atoms with van der Waals surface area (Å²) in [5.41, 5.74) is 2.14. The second-order valence-electron chi connectivity index (χ2n) is 6.18. The summed E-state index contributed by atoms with van der Waals surface area (Å²) in [5, 5.41) is 3.37. The van der Waals surface area contributed by atoms with Gasteiger partial charge < -0.3 is 14.8 Å². The quantitative estimate of drug-likeness (QED) is 0.892. The molecular weight excluding hydrogens is 320 g/mol. The van der Waals surface area contributed by atoms with Crippen LogP contribution < -0.4 is 5.32 Å². The van der Waals surface area contributed by atoms with Gasteiger partial charge in [-0.05, 0) is 12.1 Å². The van der Waals surface area contributed by atoms with E-state index < -0.39 is 0 Å². The Morgan fingerprint density at radius 2 is 2.14 bits per heavy atom. The normalized spacial score (nSPS) is 18.3. The van der Waals surface area contributed by atoms with Gasteiger partial charge in [0.25, 0.3) is 0 Å². The highest BCUT2D eigenvalue weighted by atomic mass is 35.5. The van der Waals surface area contributed by atoms with Crippen LogP contribution in [-0.4, -0.2) is 18.2 Å². The average Bonchev–Trinajstić information content (AvgIpc) is 2.91. The van der Waals surface area contributed by atoms with Crippen LogP contribution in [0.2, 0.25) is 4.47 Å². The van der Waals surface area contributed by atoms with Gasteiger partial charge >= 0.3 is 0 Å². The maximum Gasteiger partial charge on any atom is 0.183 e. The van der Waals surface area contributed by atoms with Gasteiger partial charge in [0.15, 0.2) is 10.8 Å². The Morgan fingerprint density at radius 1 is 1.36 bits per heavy atom. The SMILES string of the molecule is CC1(C)COC(c2cccc(NCc3cnc(Cl)s3)c2)OC1. The molecule has 0 atom stereocenters. The first-order valence-corrected chi connectivity index (χ1v) is 8.39. The van der Waals surface area contributed by atoms with Gasteiger partial charge in [0.05, 0.1) is 19.8 Å². The van der Waals surface area contributed by atoms with E-state index in [-0.39, 0.29) is 11.7 Å². The van der Waals surface area contributed by atoms with Gasteiger partial charge in [-0.1, -0.05) is 37.6 Å². The van der Waals surface area contributed by atoms with E-state index in [1.807, 2.05) is 18.2 Å². The lowest BCUT2D eigenvalue weighted by molar-refractivity contribution is -0.226. The van der Waals surface area contributed by atoms with Crippen molar-refractivity contribution in [2.75, 3.05) is 18.5 Å². The van der Waals surface area contributed by atoms with E-state index in [0.717, 1.165) is 16.1 Å². The first kappa shape index (κ1) is 15.7. The first-order chi connectivity index (χ1) is 10.5. The number of hydrogen-bond acceptors (Lipinski definition) is 5. The zero-order valence-corrected chi connectivity index (χ0v) is 14.2. The summed E-state index contributed by atoms with van der Waals surface area (Å²) in [6.45, 7) is 6.39. The number of thiazole rings is 1. The number of halogens is 1. The minimum atomic E-state index is -0.285. The molecule has 2 heterocycles. The van der Waals surface area contributed by atoms with Crippen LogP contribution >= 0.6 is 22.9 Å². The molecule has 1 aromatic heterocycles. The number of nitrogens with zero attached hydrogens (tertiary/aromatic N) is 1. The third-order valence-electron chi connectivity index (χ3n) is 3.40. The maximum absolute atomic E-state index is 5.84. The second kappa shape index (κ2) is 6.54. The molecule has 4 nitrogen and oxygen atoms in total. The smallest absolute Gasteiger partial charge is 0.183 e. The summed E-state index contributed by atoms with van der Waals surface area (Å²) in [6, 6.07) is 8.12. The summed E-state index contributed by atoms with van der Waals surface area (Å²) in [5.74, 6) is 0. The Labute approximate surface area is 139 Å². The fourth-order valence-corrected chi connectivity index (χ4v) is 3.15. The Hall–Kier alpha value is -1.14. The Morgan fingerprint density at radius 3 is 2.82 bits per heavy atom. The Kier molecular flexibility index (Phi) is 4.68. The molecule has 0 bridgehead atoms. The number of hydrogen-bond donors (Lipinski definition) is 1. The number of rotatable bonds is 4. The number of anilines is 1. The van der Waals surface area contributed by atoms with Gasteiger partial charge in [-0.25, -0.2) is 4.98 Å². The first-order valence-electron chi connectivity index (χ1n) is 7.19. The van der Waals surface area contributed by atoms with Gasteiger partial charge in [-0.3, -0.25) is 0 Å². The fourth-order valence-electron chi connectivity index (χ4n) is 2.23. The predicted octanol–water partition coefficient (Wildman–Crippen LogP) is 4.48. The summed E-state index contributed by atoms with van der Waals surface area (Å²) in [4.78, 5) is 5.14. The van der Waals surface area contributed by atoms with Crippen LogP contribution in [-0.2, 0) is 16.0 Å². The van der Waals surface area contributed by atoms with E-state index in [9.17, 15) is 0 Å². The molecule has 0 unspecified atom stereocenters. The zero-order valence-electron chi connectivity index (χ0n) is 12.6. The predicted molar refractivity (Wildman–Crippen MR) is 89.3 cm³/mol. The third-order valence-corrected chi connectivity index (χ3v) is 4.52. The monoisotopic (exact) mass is 338 g/mol. The molecule has 0 radical (unpaired) electrons. The van der Waals surface area contributed by atoms with Crippen LogP contribution in [0.1, 0.15) is 30.6 Å². The number of nitrogens with one attached hydrogen (secondary N) is 1. The molecule has 1 aromatic carbocycles. The number of ether oxygens (including phenoxy) is 2. The van der Waals surface area contributed by atoms with E-state index in [0.29, 0.717) is 24.2 Å². The van der Waals surface area contributed by atoms with Crippen molar-refractivity contribution in [3.63, 3.8) is 0 Å². The van der Waals surface area contributed by atoms with Crippen LogP contribution in [0, 0.1) is 5.41 Å². The highest BCUT2D eigenvalue weighted by molar-refractivity contribution is 7.15. The molecule has 0 aliphatic carbocycles. The van der Waals surface area contributed by atoms with E-state index in [1.54, 1.807) is 6.20 Å². The number of aromatic nitrogens is 1. The molecule has 3 rings (SSSR count). The van der Waals surface area contributed by atoms with Gasteiger partial charge in [0.1, 0.15) is 0 Å². The lowest BCUT2D eigenvalue weighted by Crippen LogP contribution is -2.33. The lowest BCUT2D eigenvalue weighted by Gasteiger charge is -2.34. The Balaban J connectivity index is 1.62. The molecule has 1 aliphatic heterocycles. The van der Waals surface area contributed by atoms with Crippen molar-refractivity contribution in [3.8, 4) is 0 Å². The number of benzene rings is 1. The van der Waals surface area contributed by atoms with E-state index in [4.69, 9.17) is 21.1 Å². The molecule has 1 aliphatic rings. The standard InChI is InChI=1S/C16H19ClN2O2S/c1-16(2)9-20-14(21-10-16)11-4-3-5-12(6-11)18-7-13-8-19-15(17)22-13/h3-6,8,14,18H,7,9-10H2,1-2H3. The summed E-state index contributed by atoms with van der Waals surface area (Å²) >= 11 is 7.32. The van der Waals surface area contributed by atoms with Crippen molar-refractivity contribution in [2.45, 2.75) is 26.7 Å². The molecule has 1 fully saturated rings. The largest absolute Gasteiger partial charge is 0.380 e. The van der Waals surface area contributed by atoms with Crippen LogP contribution in [0.4, 0.5) is 5.69 Å². The van der Waals surface area contributed by atoms with Crippen molar-refractivity contribution < 1.29 is 9.47 Å². The lowest BCUT2D eigenvalue weighted by atomic mass is 9.95. The maximum atomic E-state index is 5.84. The second-order valence-corrected chi connectivity index (χ2v) is 7.87. The van der Waals surface area contributed by atoms with E-state index in [2.05, 4.69) is 30.2 Å². The molecule has 0 saturated carbocycles.